The third-order valence-corrected chi connectivity index (χ3v) is 5.17. The van der Waals surface area contributed by atoms with Gasteiger partial charge in [0.25, 0.3) is 5.91 Å². The molecular weight excluding hydrogens is 445 g/mol. The highest BCUT2D eigenvalue weighted by atomic mass is 19.4. The number of hydrogen-bond donors (Lipinski definition) is 1. The number of alkyl halides is 6. The summed E-state index contributed by atoms with van der Waals surface area (Å²) in [6.07, 6.45) is -9.89. The number of ketones is 1. The van der Waals surface area contributed by atoms with Crippen LogP contribution in [0.1, 0.15) is 41.5 Å². The van der Waals surface area contributed by atoms with E-state index in [0.717, 1.165) is 12.1 Å². The lowest BCUT2D eigenvalue weighted by Gasteiger charge is -2.18. The van der Waals surface area contributed by atoms with Crippen LogP contribution in [0.3, 0.4) is 0 Å². The minimum Gasteiger partial charge on any atom is -0.319 e. The highest BCUT2D eigenvalue weighted by molar-refractivity contribution is 6.40. The number of benzene rings is 2. The van der Waals surface area contributed by atoms with Gasteiger partial charge in [0.2, 0.25) is 5.78 Å². The first-order chi connectivity index (χ1) is 14.8. The Bertz CT molecular complexity index is 1130. The molecule has 11 heteroatoms. The lowest BCUT2D eigenvalue weighted by molar-refractivity contribution is -0.138. The zero-order valence-electron chi connectivity index (χ0n) is 16.0. The van der Waals surface area contributed by atoms with Gasteiger partial charge in [0, 0.05) is 17.5 Å². The molecule has 1 fully saturated rings. The van der Waals surface area contributed by atoms with Crippen molar-refractivity contribution in [2.24, 2.45) is 0 Å². The SMILES string of the molecule is N#Cc1ccc(NC(=O)C(=O)CC2(c3cc(C(F)(F)F)ccc3F)CC2)cc1C(F)(F)F. The zero-order valence-corrected chi connectivity index (χ0v) is 16.0. The van der Waals surface area contributed by atoms with Crippen LogP contribution in [0.15, 0.2) is 36.4 Å². The number of amides is 1. The van der Waals surface area contributed by atoms with E-state index in [1.54, 1.807) is 0 Å². The van der Waals surface area contributed by atoms with Crippen molar-refractivity contribution in [2.45, 2.75) is 37.0 Å². The molecular formula is C21H13F7N2O2. The van der Waals surface area contributed by atoms with Gasteiger partial charge in [0.1, 0.15) is 5.82 Å². The van der Waals surface area contributed by atoms with E-state index >= 15 is 0 Å². The molecule has 0 aromatic heterocycles. The first-order valence-electron chi connectivity index (χ1n) is 9.10. The minimum atomic E-state index is -4.88. The molecule has 0 radical (unpaired) electrons. The molecule has 1 N–H and O–H groups in total. The topological polar surface area (TPSA) is 70.0 Å². The largest absolute Gasteiger partial charge is 0.417 e. The fourth-order valence-corrected chi connectivity index (χ4v) is 3.34. The van der Waals surface area contributed by atoms with Gasteiger partial charge in [0.15, 0.2) is 0 Å². The maximum absolute atomic E-state index is 14.2. The summed E-state index contributed by atoms with van der Waals surface area (Å²) in [7, 11) is 0. The van der Waals surface area contributed by atoms with Crippen molar-refractivity contribution < 1.29 is 40.3 Å². The first kappa shape index (κ1) is 23.2. The number of rotatable bonds is 5. The molecule has 0 aliphatic heterocycles. The Labute approximate surface area is 176 Å². The summed E-state index contributed by atoms with van der Waals surface area (Å²) in [5.74, 6) is -3.38. The fraction of sp³-hybridized carbons (Fsp3) is 0.286. The van der Waals surface area contributed by atoms with Crippen LogP contribution >= 0.6 is 0 Å². The van der Waals surface area contributed by atoms with Crippen LogP contribution in [0.5, 0.6) is 0 Å². The Balaban J connectivity index is 1.79. The minimum absolute atomic E-state index is 0.166. The molecule has 0 bridgehead atoms. The highest BCUT2D eigenvalue weighted by Gasteiger charge is 2.49. The first-order valence-corrected chi connectivity index (χ1v) is 9.10. The predicted octanol–water partition coefficient (Wildman–Crippen LogP) is 5.36. The number of nitrogens with one attached hydrogen (secondary N) is 1. The molecule has 0 saturated heterocycles. The molecule has 0 heterocycles. The molecule has 1 aliphatic rings. The van der Waals surface area contributed by atoms with E-state index in [-0.39, 0.29) is 18.4 Å². The quantitative estimate of drug-likeness (QED) is 0.484. The normalized spacial score (nSPS) is 15.1. The van der Waals surface area contributed by atoms with Gasteiger partial charge >= 0.3 is 12.4 Å². The molecule has 0 spiro atoms. The van der Waals surface area contributed by atoms with E-state index in [2.05, 4.69) is 0 Å². The van der Waals surface area contributed by atoms with Crippen molar-refractivity contribution in [3.8, 4) is 6.07 Å². The Morgan fingerprint density at radius 3 is 2.19 bits per heavy atom. The molecule has 1 aliphatic carbocycles. The Morgan fingerprint density at radius 2 is 1.66 bits per heavy atom. The number of hydrogen-bond acceptors (Lipinski definition) is 3. The summed E-state index contributed by atoms with van der Waals surface area (Å²) in [6, 6.07) is 5.48. The monoisotopic (exact) mass is 458 g/mol. The summed E-state index contributed by atoms with van der Waals surface area (Å²) in [6.45, 7) is 0. The van der Waals surface area contributed by atoms with Crippen LogP contribution in [0.4, 0.5) is 36.4 Å². The molecule has 32 heavy (non-hydrogen) atoms. The molecule has 2 aromatic carbocycles. The second-order valence-corrected chi connectivity index (χ2v) is 7.40. The number of halogens is 7. The standard InChI is InChI=1S/C21H13F7N2O2/c22-16-4-2-12(20(23,24)25)7-15(16)19(5-6-19)9-17(31)18(32)30-13-3-1-11(10-29)14(8-13)21(26,27)28/h1-4,7-8H,5-6,9H2,(H,30,32). The van der Waals surface area contributed by atoms with Gasteiger partial charge in [0.05, 0.1) is 22.8 Å². The number of carbonyl (C=O) groups is 2. The van der Waals surface area contributed by atoms with Crippen LogP contribution in [0.2, 0.25) is 0 Å². The Kier molecular flexibility index (Phi) is 5.76. The summed E-state index contributed by atoms with van der Waals surface area (Å²) < 4.78 is 92.2. The lowest BCUT2D eigenvalue weighted by Crippen LogP contribution is -2.27. The van der Waals surface area contributed by atoms with E-state index in [1.165, 1.54) is 6.07 Å². The molecule has 3 rings (SSSR count). The predicted molar refractivity (Wildman–Crippen MR) is 96.7 cm³/mol. The van der Waals surface area contributed by atoms with Crippen molar-refractivity contribution >= 4 is 17.4 Å². The number of Topliss-reactive ketones (excluding diaryl/α,β-unsaturated/α-hetero) is 1. The second kappa shape index (κ2) is 7.93. The zero-order chi connectivity index (χ0) is 23.9. The molecule has 1 saturated carbocycles. The van der Waals surface area contributed by atoms with E-state index < -0.39 is 64.1 Å². The van der Waals surface area contributed by atoms with Gasteiger partial charge in [-0.1, -0.05) is 0 Å². The van der Waals surface area contributed by atoms with Crippen LogP contribution in [-0.4, -0.2) is 11.7 Å². The van der Waals surface area contributed by atoms with Crippen molar-refractivity contribution in [1.29, 1.82) is 5.26 Å². The molecule has 0 unspecified atom stereocenters. The summed E-state index contributed by atoms with van der Waals surface area (Å²) in [5.41, 5.74) is -5.12. The van der Waals surface area contributed by atoms with Crippen molar-refractivity contribution in [2.75, 3.05) is 5.32 Å². The van der Waals surface area contributed by atoms with Crippen LogP contribution in [0, 0.1) is 17.1 Å². The molecule has 1 amide bonds. The molecule has 2 aromatic rings. The van der Waals surface area contributed by atoms with Crippen LogP contribution in [0.25, 0.3) is 0 Å². The van der Waals surface area contributed by atoms with Gasteiger partial charge in [-0.05, 0) is 54.8 Å². The smallest absolute Gasteiger partial charge is 0.319 e. The summed E-state index contributed by atoms with van der Waals surface area (Å²) >= 11 is 0. The molecule has 168 valence electrons. The van der Waals surface area contributed by atoms with Gasteiger partial charge in [-0.25, -0.2) is 4.39 Å². The van der Waals surface area contributed by atoms with E-state index in [9.17, 15) is 40.3 Å². The molecule has 0 atom stereocenters. The van der Waals surface area contributed by atoms with Crippen LogP contribution < -0.4 is 5.32 Å². The lowest BCUT2D eigenvalue weighted by atomic mass is 9.88. The van der Waals surface area contributed by atoms with Gasteiger partial charge in [-0.2, -0.15) is 31.6 Å². The third-order valence-electron chi connectivity index (χ3n) is 5.17. The number of carbonyl (C=O) groups excluding carboxylic acids is 2. The van der Waals surface area contributed by atoms with Gasteiger partial charge < -0.3 is 5.32 Å². The van der Waals surface area contributed by atoms with Crippen LogP contribution in [-0.2, 0) is 27.4 Å². The average molecular weight is 458 g/mol. The number of nitriles is 1. The van der Waals surface area contributed by atoms with E-state index in [1.807, 2.05) is 5.32 Å². The summed E-state index contributed by atoms with van der Waals surface area (Å²) in [5, 5.41) is 10.8. The van der Waals surface area contributed by atoms with Gasteiger partial charge in [-0.15, -0.1) is 0 Å². The van der Waals surface area contributed by atoms with Gasteiger partial charge in [-0.3, -0.25) is 9.59 Å². The summed E-state index contributed by atoms with van der Waals surface area (Å²) in [4.78, 5) is 24.5. The highest BCUT2D eigenvalue weighted by Crippen LogP contribution is 2.52. The third kappa shape index (κ3) is 4.74. The van der Waals surface area contributed by atoms with E-state index in [0.29, 0.717) is 24.3 Å². The van der Waals surface area contributed by atoms with Crippen molar-refractivity contribution in [1.82, 2.24) is 0 Å². The fourth-order valence-electron chi connectivity index (χ4n) is 3.34. The molecule has 4 nitrogen and oxygen atoms in total. The Morgan fingerprint density at radius 1 is 1.00 bits per heavy atom. The number of anilines is 1. The Hall–Kier alpha value is -3.42. The number of nitrogens with zero attached hydrogens (tertiary/aromatic N) is 1. The van der Waals surface area contributed by atoms with Crippen molar-refractivity contribution in [3.05, 3.63) is 64.5 Å². The van der Waals surface area contributed by atoms with Crippen molar-refractivity contribution in [3.63, 3.8) is 0 Å². The van der Waals surface area contributed by atoms with E-state index in [4.69, 9.17) is 5.26 Å². The average Bonchev–Trinajstić information content (AvgIpc) is 3.46. The second-order valence-electron chi connectivity index (χ2n) is 7.40. The maximum atomic E-state index is 14.2. The maximum Gasteiger partial charge on any atom is 0.417 e.